The van der Waals surface area contributed by atoms with Crippen molar-refractivity contribution in [3.63, 3.8) is 0 Å². The Labute approximate surface area is 107 Å². The molecule has 6 heteroatoms. The third kappa shape index (κ3) is 2.77. The highest BCUT2D eigenvalue weighted by Gasteiger charge is 2.15. The molecule has 0 saturated carbocycles. The summed E-state index contributed by atoms with van der Waals surface area (Å²) in [5.74, 6) is 0. The van der Waals surface area contributed by atoms with Crippen LogP contribution in [-0.2, 0) is 23.6 Å². The highest BCUT2D eigenvalue weighted by Crippen LogP contribution is 2.14. The van der Waals surface area contributed by atoms with Gasteiger partial charge in [-0.05, 0) is 18.6 Å². The Hall–Kier alpha value is -1.66. The van der Waals surface area contributed by atoms with Crippen molar-refractivity contribution in [3.05, 3.63) is 47.8 Å². The van der Waals surface area contributed by atoms with Crippen LogP contribution in [0.1, 0.15) is 11.1 Å². The van der Waals surface area contributed by atoms with Gasteiger partial charge < -0.3 is 0 Å². The Kier molecular flexibility index (Phi) is 3.49. The largest absolute Gasteiger partial charge is 0.275 e. The van der Waals surface area contributed by atoms with Gasteiger partial charge in [0.15, 0.2) is 0 Å². The van der Waals surface area contributed by atoms with Crippen LogP contribution in [0.3, 0.4) is 0 Å². The number of nitrogens with zero attached hydrogens (tertiary/aromatic N) is 2. The van der Waals surface area contributed by atoms with Gasteiger partial charge in [-0.1, -0.05) is 18.2 Å². The molecule has 1 aromatic carbocycles. The molecule has 2 aromatic rings. The molecule has 0 fully saturated rings. The Morgan fingerprint density at radius 3 is 2.67 bits per heavy atom. The molecule has 18 heavy (non-hydrogen) atoms. The summed E-state index contributed by atoms with van der Waals surface area (Å²) in [6.07, 6.45) is 3.42. The lowest BCUT2D eigenvalue weighted by Gasteiger charge is -2.07. The predicted octanol–water partition coefficient (Wildman–Crippen LogP) is 1.21. The van der Waals surface area contributed by atoms with Gasteiger partial charge in [-0.25, -0.2) is 13.1 Å². The zero-order valence-electron chi connectivity index (χ0n) is 10.3. The predicted molar refractivity (Wildman–Crippen MR) is 68.4 cm³/mol. The fraction of sp³-hybridized carbons (Fsp3) is 0.250. The first-order valence-corrected chi connectivity index (χ1v) is 7.00. The van der Waals surface area contributed by atoms with Crippen molar-refractivity contribution in [3.8, 4) is 0 Å². The van der Waals surface area contributed by atoms with Crippen molar-refractivity contribution in [2.75, 3.05) is 0 Å². The van der Waals surface area contributed by atoms with Crippen molar-refractivity contribution >= 4 is 10.0 Å². The molecule has 0 unspecified atom stereocenters. The molecule has 1 aromatic heterocycles. The first kappa shape index (κ1) is 12.8. The molecule has 0 radical (unpaired) electrons. The van der Waals surface area contributed by atoms with Crippen LogP contribution in [0.5, 0.6) is 0 Å². The van der Waals surface area contributed by atoms with E-state index in [4.69, 9.17) is 0 Å². The molecule has 0 amide bonds. The number of hydrogen-bond acceptors (Lipinski definition) is 3. The van der Waals surface area contributed by atoms with Gasteiger partial charge in [0.2, 0.25) is 10.0 Å². The highest BCUT2D eigenvalue weighted by molar-refractivity contribution is 7.89. The number of aryl methyl sites for hydroxylation is 2. The summed E-state index contributed by atoms with van der Waals surface area (Å²) >= 11 is 0. The van der Waals surface area contributed by atoms with Crippen LogP contribution in [-0.4, -0.2) is 18.2 Å². The summed E-state index contributed by atoms with van der Waals surface area (Å²) in [7, 11) is -1.68. The summed E-state index contributed by atoms with van der Waals surface area (Å²) in [5.41, 5.74) is 1.56. The van der Waals surface area contributed by atoms with Crippen LogP contribution in [0.4, 0.5) is 0 Å². The van der Waals surface area contributed by atoms with Crippen molar-refractivity contribution in [2.24, 2.45) is 7.05 Å². The Morgan fingerprint density at radius 2 is 2.06 bits per heavy atom. The molecule has 0 bridgehead atoms. The van der Waals surface area contributed by atoms with E-state index in [1.165, 1.54) is 0 Å². The van der Waals surface area contributed by atoms with E-state index in [2.05, 4.69) is 9.82 Å². The molecule has 96 valence electrons. The number of hydrogen-bond donors (Lipinski definition) is 1. The smallest absolute Gasteiger partial charge is 0.241 e. The van der Waals surface area contributed by atoms with Crippen molar-refractivity contribution in [1.29, 1.82) is 0 Å². The van der Waals surface area contributed by atoms with E-state index in [0.717, 1.165) is 11.1 Å². The molecular formula is C12H15N3O2S. The maximum Gasteiger partial charge on any atom is 0.241 e. The molecule has 0 aliphatic rings. The molecule has 1 N–H and O–H groups in total. The van der Waals surface area contributed by atoms with Gasteiger partial charge in [0.25, 0.3) is 0 Å². The summed E-state index contributed by atoms with van der Waals surface area (Å²) in [5, 5.41) is 3.99. The maximum absolute atomic E-state index is 12.1. The number of sulfonamides is 1. The molecule has 0 aliphatic carbocycles. The second kappa shape index (κ2) is 4.91. The quantitative estimate of drug-likeness (QED) is 0.903. The van der Waals surface area contributed by atoms with E-state index < -0.39 is 10.0 Å². The van der Waals surface area contributed by atoms with Gasteiger partial charge in [0.1, 0.15) is 0 Å². The Balaban J connectivity index is 2.16. The summed E-state index contributed by atoms with van der Waals surface area (Å²) in [6.45, 7) is 2.02. The van der Waals surface area contributed by atoms with E-state index >= 15 is 0 Å². The minimum absolute atomic E-state index is 0.241. The maximum atomic E-state index is 12.1. The van der Waals surface area contributed by atoms with Gasteiger partial charge in [-0.2, -0.15) is 5.10 Å². The average molecular weight is 265 g/mol. The zero-order chi connectivity index (χ0) is 13.2. The normalized spacial score (nSPS) is 11.7. The first-order chi connectivity index (χ1) is 8.49. The minimum Gasteiger partial charge on any atom is -0.275 e. The average Bonchev–Trinajstić information content (AvgIpc) is 2.73. The van der Waals surface area contributed by atoms with E-state index in [0.29, 0.717) is 4.90 Å². The Morgan fingerprint density at radius 1 is 1.33 bits per heavy atom. The van der Waals surface area contributed by atoms with E-state index in [1.807, 2.05) is 6.07 Å². The van der Waals surface area contributed by atoms with E-state index in [9.17, 15) is 8.42 Å². The number of aromatic nitrogens is 2. The highest BCUT2D eigenvalue weighted by atomic mass is 32.2. The van der Waals surface area contributed by atoms with Crippen LogP contribution in [0.15, 0.2) is 41.6 Å². The summed E-state index contributed by atoms with van der Waals surface area (Å²) in [4.78, 5) is 0.314. The van der Waals surface area contributed by atoms with E-state index in [-0.39, 0.29) is 6.54 Å². The van der Waals surface area contributed by atoms with Crippen molar-refractivity contribution < 1.29 is 8.42 Å². The SMILES string of the molecule is Cc1ccccc1S(=O)(=O)NCc1cnn(C)c1. The molecule has 1 heterocycles. The topological polar surface area (TPSA) is 64.0 Å². The third-order valence-corrected chi connectivity index (χ3v) is 4.17. The van der Waals surface area contributed by atoms with Gasteiger partial charge in [-0.15, -0.1) is 0 Å². The fourth-order valence-electron chi connectivity index (χ4n) is 1.68. The number of benzene rings is 1. The van der Waals surface area contributed by atoms with Crippen molar-refractivity contribution in [2.45, 2.75) is 18.4 Å². The lowest BCUT2D eigenvalue weighted by molar-refractivity contribution is 0.580. The second-order valence-corrected chi connectivity index (χ2v) is 5.85. The Bertz CT molecular complexity index is 647. The minimum atomic E-state index is -3.47. The third-order valence-electron chi connectivity index (χ3n) is 2.61. The lowest BCUT2D eigenvalue weighted by Crippen LogP contribution is -2.23. The molecule has 0 atom stereocenters. The van der Waals surface area contributed by atoms with Crippen LogP contribution in [0.2, 0.25) is 0 Å². The fourth-order valence-corrected chi connectivity index (χ4v) is 2.94. The van der Waals surface area contributed by atoms with E-state index in [1.54, 1.807) is 49.2 Å². The van der Waals surface area contributed by atoms with Crippen LogP contribution >= 0.6 is 0 Å². The molecule has 2 rings (SSSR count). The molecule has 0 aliphatic heterocycles. The number of rotatable bonds is 4. The molecule has 0 saturated heterocycles. The summed E-state index contributed by atoms with van der Waals surface area (Å²) < 4.78 is 28.4. The second-order valence-electron chi connectivity index (χ2n) is 4.11. The van der Waals surface area contributed by atoms with Crippen LogP contribution < -0.4 is 4.72 Å². The molecule has 0 spiro atoms. The first-order valence-electron chi connectivity index (χ1n) is 5.52. The van der Waals surface area contributed by atoms with Gasteiger partial charge in [-0.3, -0.25) is 4.68 Å². The van der Waals surface area contributed by atoms with Crippen LogP contribution in [0.25, 0.3) is 0 Å². The standard InChI is InChI=1S/C12H15N3O2S/c1-10-5-3-4-6-12(10)18(16,17)14-8-11-7-13-15(2)9-11/h3-7,9,14H,8H2,1-2H3. The zero-order valence-corrected chi connectivity index (χ0v) is 11.1. The molecular weight excluding hydrogens is 250 g/mol. The lowest BCUT2D eigenvalue weighted by atomic mass is 10.2. The van der Waals surface area contributed by atoms with Crippen LogP contribution in [0, 0.1) is 6.92 Å². The molecule has 5 nitrogen and oxygen atoms in total. The van der Waals surface area contributed by atoms with Gasteiger partial charge in [0, 0.05) is 25.4 Å². The monoisotopic (exact) mass is 265 g/mol. The number of nitrogens with one attached hydrogen (secondary N) is 1. The van der Waals surface area contributed by atoms with Crippen molar-refractivity contribution in [1.82, 2.24) is 14.5 Å². The van der Waals surface area contributed by atoms with Gasteiger partial charge in [0.05, 0.1) is 11.1 Å². The van der Waals surface area contributed by atoms with Gasteiger partial charge >= 0.3 is 0 Å². The summed E-state index contributed by atoms with van der Waals surface area (Å²) in [6, 6.07) is 6.90.